The molecule has 4 nitrogen and oxygen atoms in total. The number of amidine groups is 1. The van der Waals surface area contributed by atoms with Crippen LogP contribution in [0, 0.1) is 11.8 Å². The zero-order valence-electron chi connectivity index (χ0n) is 12.3. The Labute approximate surface area is 121 Å². The summed E-state index contributed by atoms with van der Waals surface area (Å²) in [5.41, 5.74) is 7.60. The molecule has 110 valence electrons. The minimum absolute atomic E-state index is 0.174. The van der Waals surface area contributed by atoms with Crippen LogP contribution in [-0.2, 0) is 6.54 Å². The molecule has 1 aliphatic rings. The van der Waals surface area contributed by atoms with Gasteiger partial charge in [-0.1, -0.05) is 43.3 Å². The van der Waals surface area contributed by atoms with Gasteiger partial charge in [0, 0.05) is 18.2 Å². The quantitative estimate of drug-likeness (QED) is 0.342. The van der Waals surface area contributed by atoms with Gasteiger partial charge < -0.3 is 16.3 Å². The van der Waals surface area contributed by atoms with Crippen LogP contribution < -0.4 is 11.1 Å². The van der Waals surface area contributed by atoms with E-state index in [4.69, 9.17) is 10.9 Å². The molecule has 0 heterocycles. The summed E-state index contributed by atoms with van der Waals surface area (Å²) in [6.07, 6.45) is 3.82. The normalized spacial score (nSPS) is 27.5. The zero-order chi connectivity index (χ0) is 14.5. The summed E-state index contributed by atoms with van der Waals surface area (Å²) in [4.78, 5) is 0. The van der Waals surface area contributed by atoms with E-state index in [-0.39, 0.29) is 5.84 Å². The summed E-state index contributed by atoms with van der Waals surface area (Å²) in [7, 11) is 0. The van der Waals surface area contributed by atoms with E-state index in [1.54, 1.807) is 0 Å². The number of hydrogen-bond donors (Lipinski definition) is 3. The van der Waals surface area contributed by atoms with Crippen molar-refractivity contribution in [3.05, 3.63) is 35.4 Å². The molecular weight excluding hydrogens is 250 g/mol. The lowest BCUT2D eigenvalue weighted by Gasteiger charge is -2.33. The topological polar surface area (TPSA) is 70.6 Å². The molecule has 0 bridgehead atoms. The molecule has 2 rings (SSSR count). The van der Waals surface area contributed by atoms with Gasteiger partial charge in [-0.15, -0.1) is 0 Å². The minimum atomic E-state index is 0.174. The van der Waals surface area contributed by atoms with Crippen molar-refractivity contribution < 1.29 is 5.21 Å². The highest BCUT2D eigenvalue weighted by Crippen LogP contribution is 2.28. The second kappa shape index (κ2) is 6.75. The van der Waals surface area contributed by atoms with E-state index in [1.165, 1.54) is 19.3 Å². The Balaban J connectivity index is 2.01. The molecule has 1 aromatic carbocycles. The Morgan fingerprint density at radius 2 is 2.10 bits per heavy atom. The van der Waals surface area contributed by atoms with Gasteiger partial charge in [0.2, 0.25) is 0 Å². The van der Waals surface area contributed by atoms with E-state index in [0.29, 0.717) is 12.0 Å². The van der Waals surface area contributed by atoms with Gasteiger partial charge in [0.15, 0.2) is 5.84 Å². The highest BCUT2D eigenvalue weighted by molar-refractivity contribution is 5.98. The van der Waals surface area contributed by atoms with Crippen LogP contribution in [0.2, 0.25) is 0 Å². The Kier molecular flexibility index (Phi) is 5.01. The fourth-order valence-corrected chi connectivity index (χ4v) is 3.19. The maximum absolute atomic E-state index is 8.84. The van der Waals surface area contributed by atoms with Crippen LogP contribution in [-0.4, -0.2) is 17.1 Å². The third-order valence-corrected chi connectivity index (χ3v) is 4.39. The van der Waals surface area contributed by atoms with Crippen molar-refractivity contribution in [2.45, 2.75) is 45.7 Å². The highest BCUT2D eigenvalue weighted by Gasteiger charge is 2.24. The second-order valence-electron chi connectivity index (χ2n) is 6.03. The maximum atomic E-state index is 8.84. The molecule has 0 aromatic heterocycles. The van der Waals surface area contributed by atoms with Gasteiger partial charge in [-0.05, 0) is 36.7 Å². The molecule has 20 heavy (non-hydrogen) atoms. The number of nitrogens with one attached hydrogen (secondary N) is 1. The zero-order valence-corrected chi connectivity index (χ0v) is 12.3. The Hall–Kier alpha value is -1.55. The smallest absolute Gasteiger partial charge is 0.170 e. The lowest BCUT2D eigenvalue weighted by Crippen LogP contribution is -2.39. The van der Waals surface area contributed by atoms with Gasteiger partial charge in [-0.3, -0.25) is 0 Å². The Morgan fingerprint density at radius 1 is 1.35 bits per heavy atom. The van der Waals surface area contributed by atoms with E-state index in [0.717, 1.165) is 23.6 Å². The van der Waals surface area contributed by atoms with Gasteiger partial charge in [-0.2, -0.15) is 0 Å². The third-order valence-electron chi connectivity index (χ3n) is 4.39. The molecule has 0 spiro atoms. The minimum Gasteiger partial charge on any atom is -0.409 e. The van der Waals surface area contributed by atoms with Crippen molar-refractivity contribution in [3.8, 4) is 0 Å². The van der Waals surface area contributed by atoms with Gasteiger partial charge in [0.1, 0.15) is 0 Å². The van der Waals surface area contributed by atoms with Crippen molar-refractivity contribution in [1.29, 1.82) is 0 Å². The lowest BCUT2D eigenvalue weighted by molar-refractivity contribution is 0.227. The molecule has 1 aromatic rings. The average molecular weight is 275 g/mol. The van der Waals surface area contributed by atoms with Gasteiger partial charge in [0.25, 0.3) is 0 Å². The summed E-state index contributed by atoms with van der Waals surface area (Å²) in [6, 6.07) is 8.36. The van der Waals surface area contributed by atoms with Crippen LogP contribution in [0.4, 0.5) is 0 Å². The van der Waals surface area contributed by atoms with E-state index < -0.39 is 0 Å². The van der Waals surface area contributed by atoms with E-state index in [1.807, 2.05) is 24.3 Å². The fraction of sp³-hybridized carbons (Fsp3) is 0.562. The first-order valence-electron chi connectivity index (χ1n) is 7.41. The Bertz CT molecular complexity index is 473. The lowest BCUT2D eigenvalue weighted by atomic mass is 9.80. The van der Waals surface area contributed by atoms with Crippen LogP contribution in [0.5, 0.6) is 0 Å². The molecule has 1 fully saturated rings. The van der Waals surface area contributed by atoms with Gasteiger partial charge in [-0.25, -0.2) is 0 Å². The Morgan fingerprint density at radius 3 is 2.80 bits per heavy atom. The first-order chi connectivity index (χ1) is 9.61. The number of nitrogens with zero attached hydrogens (tertiary/aromatic N) is 1. The maximum Gasteiger partial charge on any atom is 0.170 e. The number of hydrogen-bond acceptors (Lipinski definition) is 3. The summed E-state index contributed by atoms with van der Waals surface area (Å²) in [5.74, 6) is 1.72. The molecule has 3 atom stereocenters. The summed E-state index contributed by atoms with van der Waals surface area (Å²) >= 11 is 0. The average Bonchev–Trinajstić information content (AvgIpc) is 2.46. The number of rotatable bonds is 4. The van der Waals surface area contributed by atoms with Crippen molar-refractivity contribution in [1.82, 2.24) is 5.32 Å². The van der Waals surface area contributed by atoms with Crippen LogP contribution in [0.25, 0.3) is 0 Å². The molecule has 0 aliphatic heterocycles. The summed E-state index contributed by atoms with van der Waals surface area (Å²) in [5, 5.41) is 15.6. The van der Waals surface area contributed by atoms with Gasteiger partial charge >= 0.3 is 0 Å². The SMILES string of the molecule is CC1CCC(NCc2ccccc2C(N)=NO)C(C)C1. The summed E-state index contributed by atoms with van der Waals surface area (Å²) in [6.45, 7) is 5.42. The first-order valence-corrected chi connectivity index (χ1v) is 7.41. The standard InChI is InChI=1S/C16H25N3O/c1-11-7-8-15(12(2)9-11)18-10-13-5-3-4-6-14(13)16(17)19-20/h3-6,11-12,15,18,20H,7-10H2,1-2H3,(H2,17,19). The molecule has 1 saturated carbocycles. The molecular formula is C16H25N3O. The highest BCUT2D eigenvalue weighted by atomic mass is 16.4. The monoisotopic (exact) mass is 275 g/mol. The second-order valence-corrected chi connectivity index (χ2v) is 6.03. The van der Waals surface area contributed by atoms with E-state index >= 15 is 0 Å². The van der Waals surface area contributed by atoms with Crippen LogP contribution >= 0.6 is 0 Å². The first kappa shape index (κ1) is 14.9. The van der Waals surface area contributed by atoms with Crippen molar-refractivity contribution in [2.24, 2.45) is 22.7 Å². The van der Waals surface area contributed by atoms with Crippen LogP contribution in [0.1, 0.15) is 44.2 Å². The molecule has 3 unspecified atom stereocenters. The number of oxime groups is 1. The summed E-state index contributed by atoms with van der Waals surface area (Å²) < 4.78 is 0. The molecule has 0 amide bonds. The largest absolute Gasteiger partial charge is 0.409 e. The van der Waals surface area contributed by atoms with Crippen molar-refractivity contribution in [2.75, 3.05) is 0 Å². The molecule has 4 heteroatoms. The van der Waals surface area contributed by atoms with Gasteiger partial charge in [0.05, 0.1) is 0 Å². The van der Waals surface area contributed by atoms with Crippen LogP contribution in [0.15, 0.2) is 29.4 Å². The predicted molar refractivity (Wildman–Crippen MR) is 81.8 cm³/mol. The third kappa shape index (κ3) is 3.51. The molecule has 4 N–H and O–H groups in total. The predicted octanol–water partition coefficient (Wildman–Crippen LogP) is 2.70. The molecule has 0 saturated heterocycles. The van der Waals surface area contributed by atoms with Crippen LogP contribution in [0.3, 0.4) is 0 Å². The molecule has 1 aliphatic carbocycles. The fourth-order valence-electron chi connectivity index (χ4n) is 3.19. The van der Waals surface area contributed by atoms with Crippen molar-refractivity contribution >= 4 is 5.84 Å². The van der Waals surface area contributed by atoms with E-state index in [2.05, 4.69) is 24.3 Å². The molecule has 0 radical (unpaired) electrons. The van der Waals surface area contributed by atoms with E-state index in [9.17, 15) is 0 Å². The van der Waals surface area contributed by atoms with Crippen molar-refractivity contribution in [3.63, 3.8) is 0 Å². The number of benzene rings is 1. The number of nitrogens with two attached hydrogens (primary N) is 1.